The Morgan fingerprint density at radius 1 is 1.21 bits per heavy atom. The molecule has 1 amide bonds. The van der Waals surface area contributed by atoms with Gasteiger partial charge in [0.15, 0.2) is 17.0 Å². The van der Waals surface area contributed by atoms with Crippen molar-refractivity contribution >= 4 is 17.7 Å². The van der Waals surface area contributed by atoms with Crippen molar-refractivity contribution in [1.29, 1.82) is 0 Å². The third-order valence-electron chi connectivity index (χ3n) is 5.36. The largest absolute Gasteiger partial charge is 0.472 e. The summed E-state index contributed by atoms with van der Waals surface area (Å²) in [6, 6.07) is 3.32. The molecule has 2 fully saturated rings. The zero-order valence-corrected chi connectivity index (χ0v) is 20.3. The van der Waals surface area contributed by atoms with Crippen LogP contribution in [0.1, 0.15) is 52.7 Å². The molecule has 0 saturated carbocycles. The quantitative estimate of drug-likeness (QED) is 0.612. The summed E-state index contributed by atoms with van der Waals surface area (Å²) in [4.78, 5) is 30.7. The maximum Gasteiger partial charge on any atom is 0.410 e. The average molecular weight is 493 g/mol. The summed E-state index contributed by atoms with van der Waals surface area (Å²) in [7, 11) is 0. The van der Waals surface area contributed by atoms with Crippen LogP contribution in [-0.4, -0.2) is 57.2 Å². The summed E-state index contributed by atoms with van der Waals surface area (Å²) in [6.45, 7) is 7.08. The maximum absolute atomic E-state index is 12.6. The molecular weight excluding hydrogens is 464 g/mol. The molecule has 2 aromatic rings. The fraction of sp³-hybridized carbons (Fsp3) is 0.565. The minimum atomic E-state index is -0.540. The fourth-order valence-electron chi connectivity index (χ4n) is 3.73. The second-order valence-corrected chi connectivity index (χ2v) is 9.66. The van der Waals surface area contributed by atoms with Crippen LogP contribution < -0.4 is 15.0 Å². The molecule has 11 heteroatoms. The van der Waals surface area contributed by atoms with Gasteiger partial charge >= 0.3 is 6.09 Å². The Kier molecular flexibility index (Phi) is 7.27. The lowest BCUT2D eigenvalue weighted by atomic mass is 10.2. The Morgan fingerprint density at radius 3 is 2.71 bits per heavy atom. The molecule has 4 heterocycles. The number of ether oxygens (including phenoxy) is 4. The van der Waals surface area contributed by atoms with E-state index in [2.05, 4.69) is 10.1 Å². The molecule has 0 aromatic carbocycles. The normalized spacial score (nSPS) is 20.8. The Bertz CT molecular complexity index is 1060. The minimum Gasteiger partial charge on any atom is -0.472 e. The van der Waals surface area contributed by atoms with Crippen LogP contribution in [0.25, 0.3) is 0 Å². The summed E-state index contributed by atoms with van der Waals surface area (Å²) in [6.07, 6.45) is 5.26. The minimum absolute atomic E-state index is 0.0716. The number of hydrogen-bond acceptors (Lipinski definition) is 8. The number of nitrogens with zero attached hydrogens (tertiary/aromatic N) is 4. The van der Waals surface area contributed by atoms with Crippen molar-refractivity contribution < 1.29 is 23.7 Å². The van der Waals surface area contributed by atoms with E-state index in [1.807, 2.05) is 20.8 Å². The van der Waals surface area contributed by atoms with Gasteiger partial charge in [0.2, 0.25) is 5.88 Å². The van der Waals surface area contributed by atoms with Crippen LogP contribution in [0.3, 0.4) is 0 Å². The summed E-state index contributed by atoms with van der Waals surface area (Å²) >= 11 is 6.25. The molecule has 0 bridgehead atoms. The van der Waals surface area contributed by atoms with E-state index in [0.717, 1.165) is 12.8 Å². The van der Waals surface area contributed by atoms with Crippen molar-refractivity contribution in [2.45, 2.75) is 64.4 Å². The zero-order chi connectivity index (χ0) is 24.3. The van der Waals surface area contributed by atoms with Crippen LogP contribution in [0.5, 0.6) is 17.4 Å². The van der Waals surface area contributed by atoms with Crippen LogP contribution >= 0.6 is 11.6 Å². The van der Waals surface area contributed by atoms with Gasteiger partial charge in [-0.15, -0.1) is 0 Å². The second-order valence-electron chi connectivity index (χ2n) is 9.28. The number of carbonyl (C=O) groups excluding carboxylic acids is 1. The van der Waals surface area contributed by atoms with Gasteiger partial charge in [-0.05, 0) is 46.1 Å². The molecule has 0 N–H and O–H groups in total. The summed E-state index contributed by atoms with van der Waals surface area (Å²) in [5.74, 6) is 0.916. The first-order chi connectivity index (χ1) is 16.2. The van der Waals surface area contributed by atoms with Crippen LogP contribution in [-0.2, 0) is 9.47 Å². The molecule has 1 unspecified atom stereocenters. The molecule has 10 nitrogen and oxygen atoms in total. The van der Waals surface area contributed by atoms with Crippen LogP contribution in [0.15, 0.2) is 29.3 Å². The number of likely N-dealkylation sites (tertiary alicyclic amines) is 1. The summed E-state index contributed by atoms with van der Waals surface area (Å²) in [5, 5.41) is 4.10. The van der Waals surface area contributed by atoms with E-state index in [1.165, 1.54) is 17.1 Å². The molecule has 2 saturated heterocycles. The maximum atomic E-state index is 12.6. The predicted molar refractivity (Wildman–Crippen MR) is 123 cm³/mol. The molecule has 2 atom stereocenters. The van der Waals surface area contributed by atoms with E-state index >= 15 is 0 Å². The van der Waals surface area contributed by atoms with Crippen LogP contribution in [0.2, 0.25) is 5.02 Å². The summed E-state index contributed by atoms with van der Waals surface area (Å²) < 4.78 is 23.9. The number of carbonyl (C=O) groups is 1. The molecule has 2 aliphatic rings. The summed E-state index contributed by atoms with van der Waals surface area (Å²) in [5.41, 5.74) is -1.00. The number of halogens is 1. The molecule has 4 rings (SSSR count). The highest BCUT2D eigenvalue weighted by molar-refractivity contribution is 6.31. The molecule has 2 aliphatic heterocycles. The van der Waals surface area contributed by atoms with Crippen molar-refractivity contribution in [3.05, 3.63) is 39.9 Å². The van der Waals surface area contributed by atoms with E-state index in [1.54, 1.807) is 17.0 Å². The molecule has 2 aromatic heterocycles. The third kappa shape index (κ3) is 5.98. The van der Waals surface area contributed by atoms with Gasteiger partial charge in [-0.25, -0.2) is 9.78 Å². The van der Waals surface area contributed by atoms with Crippen molar-refractivity contribution in [2.75, 3.05) is 19.7 Å². The van der Waals surface area contributed by atoms with Gasteiger partial charge < -0.3 is 23.8 Å². The Labute approximate surface area is 202 Å². The second kappa shape index (κ2) is 10.2. The molecule has 0 spiro atoms. The molecule has 0 aliphatic carbocycles. The van der Waals surface area contributed by atoms with Gasteiger partial charge in [-0.1, -0.05) is 11.6 Å². The first-order valence-electron chi connectivity index (χ1n) is 11.4. The highest BCUT2D eigenvalue weighted by Crippen LogP contribution is 2.28. The molecular formula is C23H29ClN4O6. The number of amides is 1. The zero-order valence-electron chi connectivity index (χ0n) is 19.5. The topological polar surface area (TPSA) is 105 Å². The van der Waals surface area contributed by atoms with Gasteiger partial charge in [-0.3, -0.25) is 4.79 Å². The lowest BCUT2D eigenvalue weighted by Crippen LogP contribution is -2.36. The van der Waals surface area contributed by atoms with Crippen molar-refractivity contribution in [1.82, 2.24) is 19.7 Å². The highest BCUT2D eigenvalue weighted by Gasteiger charge is 2.31. The van der Waals surface area contributed by atoms with Crippen molar-refractivity contribution in [3.63, 3.8) is 0 Å². The van der Waals surface area contributed by atoms with Crippen LogP contribution in [0.4, 0.5) is 4.79 Å². The SMILES string of the molecule is CC(C)(C)OC(=O)N1CC[C@H](Oc2ccc(Oc3cnn(C4CCCCO4)c(=O)c3Cl)cn2)C1. The van der Waals surface area contributed by atoms with Crippen molar-refractivity contribution in [2.24, 2.45) is 0 Å². The third-order valence-corrected chi connectivity index (χ3v) is 5.71. The molecule has 34 heavy (non-hydrogen) atoms. The first-order valence-corrected chi connectivity index (χ1v) is 11.7. The van der Waals surface area contributed by atoms with Gasteiger partial charge in [-0.2, -0.15) is 9.78 Å². The Balaban J connectivity index is 1.34. The lowest BCUT2D eigenvalue weighted by Gasteiger charge is -2.24. The van der Waals surface area contributed by atoms with E-state index < -0.39 is 17.4 Å². The van der Waals surface area contributed by atoms with Crippen LogP contribution in [0, 0.1) is 0 Å². The van der Waals surface area contributed by atoms with E-state index in [9.17, 15) is 9.59 Å². The number of hydrogen-bond donors (Lipinski definition) is 0. The predicted octanol–water partition coefficient (Wildman–Crippen LogP) is 4.17. The van der Waals surface area contributed by atoms with E-state index in [4.69, 9.17) is 30.5 Å². The number of rotatable bonds is 5. The fourth-order valence-corrected chi connectivity index (χ4v) is 3.91. The van der Waals surface area contributed by atoms with Crippen molar-refractivity contribution in [3.8, 4) is 17.4 Å². The molecule has 0 radical (unpaired) electrons. The van der Waals surface area contributed by atoms with Gasteiger partial charge in [0.05, 0.1) is 18.9 Å². The molecule has 184 valence electrons. The van der Waals surface area contributed by atoms with Gasteiger partial charge in [0, 0.05) is 25.6 Å². The van der Waals surface area contributed by atoms with E-state index in [-0.39, 0.29) is 23.0 Å². The monoisotopic (exact) mass is 492 g/mol. The standard InChI is InChI=1S/C23H29ClN4O6/c1-23(2,3)34-22(30)27-10-9-16(14-27)33-18-8-7-15(12-25-18)32-17-13-26-28(21(29)20(17)24)19-6-4-5-11-31-19/h7-8,12-13,16,19H,4-6,9-11,14H2,1-3H3/t16-,19?/m0/s1. The van der Waals surface area contributed by atoms with Gasteiger partial charge in [0.25, 0.3) is 5.56 Å². The first kappa shape index (κ1) is 24.3. The average Bonchev–Trinajstić information content (AvgIpc) is 3.27. The van der Waals surface area contributed by atoms with Gasteiger partial charge in [0.1, 0.15) is 17.5 Å². The number of aromatic nitrogens is 3. The highest BCUT2D eigenvalue weighted by atomic mass is 35.5. The Morgan fingerprint density at radius 2 is 2.03 bits per heavy atom. The smallest absolute Gasteiger partial charge is 0.410 e. The Hall–Kier alpha value is -2.85. The lowest BCUT2D eigenvalue weighted by molar-refractivity contribution is -0.0425. The van der Waals surface area contributed by atoms with E-state index in [0.29, 0.717) is 44.2 Å². The number of pyridine rings is 1.